The lowest BCUT2D eigenvalue weighted by atomic mass is 9.83. The molecule has 1 fully saturated rings. The average molecular weight is 475 g/mol. The second-order valence-corrected chi connectivity index (χ2v) is 7.53. The van der Waals surface area contributed by atoms with Crippen LogP contribution >= 0.6 is 11.3 Å². The number of hydrogen-bond donors (Lipinski definition) is 2. The summed E-state index contributed by atoms with van der Waals surface area (Å²) in [7, 11) is 1.96. The zero-order valence-corrected chi connectivity index (χ0v) is 16.9. The molecule has 2 N–H and O–H groups in total. The van der Waals surface area contributed by atoms with E-state index in [0.717, 1.165) is 15.4 Å². The van der Waals surface area contributed by atoms with Gasteiger partial charge in [0.2, 0.25) is 17.1 Å². The van der Waals surface area contributed by atoms with Gasteiger partial charge in [-0.3, -0.25) is 4.79 Å². The van der Waals surface area contributed by atoms with Gasteiger partial charge in [0.05, 0.1) is 30.0 Å². The minimum absolute atomic E-state index is 0. The fourth-order valence-corrected chi connectivity index (χ4v) is 4.94. The number of amides is 1. The first-order valence-corrected chi connectivity index (χ1v) is 8.57. The summed E-state index contributed by atoms with van der Waals surface area (Å²) in [6.07, 6.45) is 3.56. The lowest BCUT2D eigenvalue weighted by Crippen LogP contribution is -3.00. The fourth-order valence-electron chi connectivity index (χ4n) is 3.77. The number of carboxylic acids is 1. The molecule has 4 heterocycles. The second kappa shape index (κ2) is 6.06. The lowest BCUT2D eigenvalue weighted by molar-refractivity contribution is -0.508. The number of carboxylic acid groups (broad SMARTS) is 1. The van der Waals surface area contributed by atoms with Crippen molar-refractivity contribution in [1.82, 2.24) is 9.47 Å². The Morgan fingerprint density at radius 2 is 2.16 bits per heavy atom. The van der Waals surface area contributed by atoms with E-state index in [-0.39, 0.29) is 41.6 Å². The molecule has 2 aliphatic heterocycles. The van der Waals surface area contributed by atoms with Crippen LogP contribution in [0.1, 0.15) is 23.9 Å². The zero-order chi connectivity index (χ0) is 17.3. The Labute approximate surface area is 165 Å². The van der Waals surface area contributed by atoms with E-state index in [1.54, 1.807) is 6.92 Å². The monoisotopic (exact) mass is 475 g/mol. The van der Waals surface area contributed by atoms with Crippen molar-refractivity contribution >= 4 is 33.6 Å². The zero-order valence-electron chi connectivity index (χ0n) is 13.9. The summed E-state index contributed by atoms with van der Waals surface area (Å²) in [5, 5.41) is 19.4. The summed E-state index contributed by atoms with van der Waals surface area (Å²) in [4.78, 5) is 27.3. The van der Waals surface area contributed by atoms with Crippen LogP contribution in [0, 0.1) is 12.8 Å². The quantitative estimate of drug-likeness (QED) is 0.293. The highest BCUT2D eigenvalue weighted by Crippen LogP contribution is 2.47. The number of thiazole rings is 1. The van der Waals surface area contributed by atoms with Gasteiger partial charge < -0.3 is 39.1 Å². The van der Waals surface area contributed by atoms with E-state index in [0.29, 0.717) is 12.0 Å². The van der Waals surface area contributed by atoms with E-state index in [2.05, 4.69) is 0 Å². The SMILES string of the molecule is Cc1c2sc(C3=C(C(=O)O)N4C(=O)[C@H]([C@@H](C)O)[C@H]4C3)c[n+]2cn1C.[I-]. The first kappa shape index (κ1) is 18.3. The van der Waals surface area contributed by atoms with Crippen LogP contribution in [0.4, 0.5) is 0 Å². The number of aromatic nitrogens is 2. The number of aliphatic hydroxyl groups is 1. The van der Waals surface area contributed by atoms with E-state index >= 15 is 0 Å². The number of carbonyl (C=O) groups excluding carboxylic acids is 1. The highest BCUT2D eigenvalue weighted by molar-refractivity contribution is 7.18. The van der Waals surface area contributed by atoms with Crippen LogP contribution in [0.25, 0.3) is 10.4 Å². The van der Waals surface area contributed by atoms with Crippen LogP contribution in [0.3, 0.4) is 0 Å². The van der Waals surface area contributed by atoms with Crippen molar-refractivity contribution in [2.24, 2.45) is 13.0 Å². The molecule has 3 atom stereocenters. The van der Waals surface area contributed by atoms with Crippen molar-refractivity contribution in [2.45, 2.75) is 32.4 Å². The van der Waals surface area contributed by atoms with Gasteiger partial charge in [0.25, 0.3) is 0 Å². The minimum Gasteiger partial charge on any atom is -1.00 e. The number of β-lactam (4-membered cyclic amide) rings is 1. The van der Waals surface area contributed by atoms with Gasteiger partial charge in [0.15, 0.2) is 5.69 Å². The molecule has 7 nitrogen and oxygen atoms in total. The molecule has 9 heteroatoms. The van der Waals surface area contributed by atoms with Crippen LogP contribution < -0.4 is 28.4 Å². The third kappa shape index (κ3) is 2.43. The number of aryl methyl sites for hydroxylation is 2. The van der Waals surface area contributed by atoms with E-state index in [4.69, 9.17) is 0 Å². The predicted octanol–water partition coefficient (Wildman–Crippen LogP) is -2.46. The van der Waals surface area contributed by atoms with Crippen molar-refractivity contribution < 1.29 is 48.2 Å². The molecule has 2 aromatic heterocycles. The van der Waals surface area contributed by atoms with Gasteiger partial charge >= 0.3 is 5.97 Å². The molecule has 0 unspecified atom stereocenters. The topological polar surface area (TPSA) is 86.9 Å². The standard InChI is InChI=1S/C16H17N3O4S.HI/c1-7-15-18(6-17(7)3)5-11(24-15)9-4-10-12(8(2)20)14(21)19(10)13(9)16(22)23;/h5-6,8,10,12,20H,4H2,1-3H3;1H/t8-,10-,12-;/m1./s1. The Balaban J connectivity index is 0.00000182. The van der Waals surface area contributed by atoms with Gasteiger partial charge in [-0.15, -0.1) is 0 Å². The van der Waals surface area contributed by atoms with E-state index in [9.17, 15) is 19.8 Å². The maximum Gasteiger partial charge on any atom is 0.352 e. The molecule has 0 radical (unpaired) electrons. The van der Waals surface area contributed by atoms with E-state index < -0.39 is 18.0 Å². The molecule has 1 saturated heterocycles. The maximum atomic E-state index is 12.3. The van der Waals surface area contributed by atoms with Crippen LogP contribution in [0.2, 0.25) is 0 Å². The van der Waals surface area contributed by atoms with Crippen molar-refractivity contribution in [3.05, 3.63) is 28.8 Å². The average Bonchev–Trinajstić information content (AvgIpc) is 3.11. The highest BCUT2D eigenvalue weighted by Gasteiger charge is 2.57. The smallest absolute Gasteiger partial charge is 0.352 e. The van der Waals surface area contributed by atoms with Crippen molar-refractivity contribution in [3.8, 4) is 0 Å². The minimum atomic E-state index is -1.09. The van der Waals surface area contributed by atoms with Gasteiger partial charge in [0, 0.05) is 12.5 Å². The van der Waals surface area contributed by atoms with Gasteiger partial charge in [0.1, 0.15) is 11.9 Å². The van der Waals surface area contributed by atoms with E-state index in [1.165, 1.54) is 16.2 Å². The highest BCUT2D eigenvalue weighted by atomic mass is 127. The number of aliphatic hydroxyl groups excluding tert-OH is 1. The number of carbonyl (C=O) groups is 2. The third-order valence-electron chi connectivity index (χ3n) is 5.06. The first-order valence-electron chi connectivity index (χ1n) is 7.76. The van der Waals surface area contributed by atoms with Gasteiger partial charge in [-0.05, 0) is 13.3 Å². The number of rotatable bonds is 3. The molecule has 2 aliphatic rings. The maximum absolute atomic E-state index is 12.3. The van der Waals surface area contributed by atoms with Gasteiger partial charge in [-0.2, -0.15) is 4.40 Å². The Morgan fingerprint density at radius 3 is 2.72 bits per heavy atom. The second-order valence-electron chi connectivity index (χ2n) is 6.50. The number of imidazole rings is 1. The lowest BCUT2D eigenvalue weighted by Gasteiger charge is -2.44. The fraction of sp³-hybridized carbons (Fsp3) is 0.438. The summed E-state index contributed by atoms with van der Waals surface area (Å²) in [6, 6.07) is -0.253. The van der Waals surface area contributed by atoms with Crippen LogP contribution in [0.15, 0.2) is 18.2 Å². The molecule has 0 aromatic carbocycles. The molecule has 0 saturated carbocycles. The van der Waals surface area contributed by atoms with Crippen molar-refractivity contribution in [2.75, 3.05) is 0 Å². The molecule has 0 spiro atoms. The number of fused-ring (bicyclic) bond motifs is 2. The molecule has 134 valence electrons. The summed E-state index contributed by atoms with van der Waals surface area (Å²) < 4.78 is 3.99. The summed E-state index contributed by atoms with van der Waals surface area (Å²) in [6.45, 7) is 3.59. The molecule has 25 heavy (non-hydrogen) atoms. The third-order valence-corrected chi connectivity index (χ3v) is 6.33. The summed E-state index contributed by atoms with van der Waals surface area (Å²) in [5.74, 6) is -1.90. The molecular weight excluding hydrogens is 457 g/mol. The molecule has 4 rings (SSSR count). The van der Waals surface area contributed by atoms with Gasteiger partial charge in [-0.25, -0.2) is 9.36 Å². The van der Waals surface area contributed by atoms with Crippen LogP contribution in [0.5, 0.6) is 0 Å². The normalized spacial score (nSPS) is 23.5. The number of halogens is 1. The van der Waals surface area contributed by atoms with E-state index in [1.807, 2.05) is 35.5 Å². The van der Waals surface area contributed by atoms with Crippen LogP contribution in [-0.4, -0.2) is 43.7 Å². The summed E-state index contributed by atoms with van der Waals surface area (Å²) >= 11 is 1.53. The largest absolute Gasteiger partial charge is 1.00 e. The summed E-state index contributed by atoms with van der Waals surface area (Å²) in [5.41, 5.74) is 1.84. The Hall–Kier alpha value is -1.46. The molecular formula is C16H18IN3O4S. The molecule has 2 aromatic rings. The number of nitrogens with zero attached hydrogens (tertiary/aromatic N) is 3. The predicted molar refractivity (Wildman–Crippen MR) is 86.2 cm³/mol. The van der Waals surface area contributed by atoms with Crippen LogP contribution in [-0.2, 0) is 16.6 Å². The van der Waals surface area contributed by atoms with Crippen molar-refractivity contribution in [3.63, 3.8) is 0 Å². The molecule has 0 aliphatic carbocycles. The number of hydrogen-bond acceptors (Lipinski definition) is 4. The molecule has 1 amide bonds. The Bertz CT molecular complexity index is 929. The first-order chi connectivity index (χ1) is 11.3. The Kier molecular flexibility index (Phi) is 4.44. The number of aliphatic carboxylic acids is 1. The molecule has 0 bridgehead atoms. The Morgan fingerprint density at radius 1 is 1.48 bits per heavy atom. The van der Waals surface area contributed by atoms with Gasteiger partial charge in [-0.1, -0.05) is 11.3 Å². The van der Waals surface area contributed by atoms with Crippen molar-refractivity contribution in [1.29, 1.82) is 0 Å².